The minimum Gasteiger partial charge on any atom is -0.381 e. The molecule has 0 saturated carbocycles. The fourth-order valence-corrected chi connectivity index (χ4v) is 5.66. The summed E-state index contributed by atoms with van der Waals surface area (Å²) in [6.07, 6.45) is 9.72. The van der Waals surface area contributed by atoms with Crippen LogP contribution in [0.4, 0.5) is 0 Å². The fourth-order valence-electron chi connectivity index (χ4n) is 4.33. The van der Waals surface area contributed by atoms with Crippen molar-refractivity contribution < 1.29 is 9.47 Å². The third-order valence-corrected chi connectivity index (χ3v) is 6.75. The molecule has 4 aliphatic rings. The van der Waals surface area contributed by atoms with Gasteiger partial charge in [-0.2, -0.15) is 0 Å². The van der Waals surface area contributed by atoms with Gasteiger partial charge in [-0.3, -0.25) is 4.90 Å². The summed E-state index contributed by atoms with van der Waals surface area (Å²) < 4.78 is 12.1. The van der Waals surface area contributed by atoms with E-state index in [9.17, 15) is 0 Å². The van der Waals surface area contributed by atoms with Crippen molar-refractivity contribution in [1.82, 2.24) is 4.90 Å². The summed E-state index contributed by atoms with van der Waals surface area (Å²) in [5.41, 5.74) is 1.71. The Bertz CT molecular complexity index is 404. The average molecular weight is 309 g/mol. The molecule has 0 aromatic carbocycles. The molecular weight excluding hydrogens is 282 g/mol. The molecule has 118 valence electrons. The number of hydrogen-bond donors (Lipinski definition) is 0. The third-order valence-electron chi connectivity index (χ3n) is 5.48. The molecule has 3 atom stereocenters. The van der Waals surface area contributed by atoms with E-state index in [0.717, 1.165) is 25.8 Å². The predicted octanol–water partition coefficient (Wildman–Crippen LogP) is 3.20. The van der Waals surface area contributed by atoms with Gasteiger partial charge in [0.1, 0.15) is 0 Å². The predicted molar refractivity (Wildman–Crippen MR) is 86.6 cm³/mol. The molecule has 0 N–H and O–H groups in total. The lowest BCUT2D eigenvalue weighted by atomic mass is 10.1. The van der Waals surface area contributed by atoms with Crippen LogP contribution in [0.1, 0.15) is 44.9 Å². The lowest BCUT2D eigenvalue weighted by Gasteiger charge is -2.27. The Morgan fingerprint density at radius 3 is 3.10 bits per heavy atom. The number of thioether (sulfide) groups is 1. The van der Waals surface area contributed by atoms with Crippen molar-refractivity contribution in [2.24, 2.45) is 0 Å². The first-order chi connectivity index (χ1) is 10.4. The summed E-state index contributed by atoms with van der Waals surface area (Å²) in [7, 11) is 0. The maximum absolute atomic E-state index is 6.49. The second kappa shape index (κ2) is 6.61. The molecule has 0 spiro atoms. The van der Waals surface area contributed by atoms with Crippen molar-refractivity contribution in [3.8, 4) is 0 Å². The van der Waals surface area contributed by atoms with Crippen LogP contribution in [-0.2, 0) is 9.47 Å². The molecule has 0 bridgehead atoms. The van der Waals surface area contributed by atoms with Gasteiger partial charge in [0.05, 0.1) is 12.2 Å². The zero-order chi connectivity index (χ0) is 14.1. The highest BCUT2D eigenvalue weighted by Gasteiger charge is 2.35. The van der Waals surface area contributed by atoms with E-state index in [-0.39, 0.29) is 0 Å². The van der Waals surface area contributed by atoms with Crippen LogP contribution in [-0.4, -0.2) is 55.2 Å². The van der Waals surface area contributed by atoms with E-state index < -0.39 is 0 Å². The molecule has 3 heterocycles. The summed E-state index contributed by atoms with van der Waals surface area (Å²) >= 11 is 2.06. The van der Waals surface area contributed by atoms with E-state index in [1.54, 1.807) is 10.5 Å². The Morgan fingerprint density at radius 1 is 1.10 bits per heavy atom. The molecule has 4 heteroatoms. The smallest absolute Gasteiger partial charge is 0.0890 e. The fraction of sp³-hybridized carbons (Fsp3) is 0.882. The third kappa shape index (κ3) is 3.19. The van der Waals surface area contributed by atoms with Crippen LogP contribution in [0.3, 0.4) is 0 Å². The molecule has 21 heavy (non-hydrogen) atoms. The Kier molecular flexibility index (Phi) is 4.58. The highest BCUT2D eigenvalue weighted by molar-refractivity contribution is 8.03. The molecule has 4 rings (SSSR count). The first-order valence-corrected chi connectivity index (χ1v) is 9.70. The van der Waals surface area contributed by atoms with Crippen LogP contribution >= 0.6 is 11.8 Å². The van der Waals surface area contributed by atoms with Crippen LogP contribution in [0.25, 0.3) is 0 Å². The zero-order valence-electron chi connectivity index (χ0n) is 12.9. The lowest BCUT2D eigenvalue weighted by molar-refractivity contribution is 0.0146. The van der Waals surface area contributed by atoms with Crippen LogP contribution in [0.15, 0.2) is 10.5 Å². The molecule has 0 aromatic rings. The number of allylic oxidation sites excluding steroid dienone is 1. The quantitative estimate of drug-likeness (QED) is 0.798. The molecule has 2 unspecified atom stereocenters. The van der Waals surface area contributed by atoms with Gasteiger partial charge in [0.2, 0.25) is 0 Å². The van der Waals surface area contributed by atoms with E-state index in [2.05, 4.69) is 16.7 Å². The Morgan fingerprint density at radius 2 is 2.10 bits per heavy atom. The molecule has 0 radical (unpaired) electrons. The van der Waals surface area contributed by atoms with Crippen molar-refractivity contribution in [2.45, 2.75) is 63.2 Å². The van der Waals surface area contributed by atoms with Gasteiger partial charge >= 0.3 is 0 Å². The van der Waals surface area contributed by atoms with Gasteiger partial charge in [0.15, 0.2) is 0 Å². The lowest BCUT2D eigenvalue weighted by Crippen LogP contribution is -2.35. The van der Waals surface area contributed by atoms with Crippen molar-refractivity contribution in [3.63, 3.8) is 0 Å². The van der Waals surface area contributed by atoms with Crippen LogP contribution in [0, 0.1) is 0 Å². The molecular formula is C17H27NO2S. The Labute approximate surface area is 132 Å². The van der Waals surface area contributed by atoms with Crippen molar-refractivity contribution >= 4 is 11.8 Å². The topological polar surface area (TPSA) is 21.7 Å². The summed E-state index contributed by atoms with van der Waals surface area (Å²) in [6.45, 7) is 4.28. The number of ether oxygens (including phenoxy) is 2. The zero-order valence-corrected chi connectivity index (χ0v) is 13.7. The minimum atomic E-state index is 0.440. The van der Waals surface area contributed by atoms with Crippen molar-refractivity contribution in [3.05, 3.63) is 10.5 Å². The second-order valence-corrected chi connectivity index (χ2v) is 7.97. The maximum Gasteiger partial charge on any atom is 0.0890 e. The highest BCUT2D eigenvalue weighted by atomic mass is 32.2. The van der Waals surface area contributed by atoms with Gasteiger partial charge in [-0.05, 0) is 44.9 Å². The van der Waals surface area contributed by atoms with E-state index in [4.69, 9.17) is 9.47 Å². The first kappa shape index (κ1) is 14.6. The number of hydrogen-bond acceptors (Lipinski definition) is 4. The van der Waals surface area contributed by atoms with Gasteiger partial charge in [-0.15, -0.1) is 11.8 Å². The van der Waals surface area contributed by atoms with Gasteiger partial charge in [-0.1, -0.05) is 5.57 Å². The summed E-state index contributed by atoms with van der Waals surface area (Å²) in [4.78, 5) is 4.28. The molecule has 0 amide bonds. The number of nitrogens with zero attached hydrogens (tertiary/aromatic N) is 1. The normalized spacial score (nSPS) is 38.0. The van der Waals surface area contributed by atoms with Gasteiger partial charge in [0, 0.05) is 43.0 Å². The summed E-state index contributed by atoms with van der Waals surface area (Å²) in [5, 5.41) is 0. The summed E-state index contributed by atoms with van der Waals surface area (Å²) in [5.74, 6) is 1.30. The van der Waals surface area contributed by atoms with E-state index in [0.29, 0.717) is 12.2 Å². The van der Waals surface area contributed by atoms with Gasteiger partial charge in [0.25, 0.3) is 0 Å². The maximum atomic E-state index is 6.49. The van der Waals surface area contributed by atoms with Gasteiger partial charge in [-0.25, -0.2) is 0 Å². The van der Waals surface area contributed by atoms with E-state index in [1.807, 2.05) is 0 Å². The SMILES string of the molecule is C1COCCC(N2CC[C@@H](OC3CCC4=C3SCC4)C2)C1. The Balaban J connectivity index is 1.30. The van der Waals surface area contributed by atoms with Crippen molar-refractivity contribution in [1.29, 1.82) is 0 Å². The van der Waals surface area contributed by atoms with Crippen LogP contribution in [0.5, 0.6) is 0 Å². The molecule has 0 aromatic heterocycles. The second-order valence-electron chi connectivity index (χ2n) is 6.83. The average Bonchev–Trinajstić information content (AvgIpc) is 3.15. The molecule has 2 fully saturated rings. The number of likely N-dealkylation sites (tertiary alicyclic amines) is 1. The van der Waals surface area contributed by atoms with Crippen molar-refractivity contribution in [2.75, 3.05) is 32.1 Å². The molecule has 3 aliphatic heterocycles. The van der Waals surface area contributed by atoms with Crippen LogP contribution in [0.2, 0.25) is 0 Å². The van der Waals surface area contributed by atoms with Gasteiger partial charge < -0.3 is 9.47 Å². The molecule has 2 saturated heterocycles. The monoisotopic (exact) mass is 309 g/mol. The highest BCUT2D eigenvalue weighted by Crippen LogP contribution is 2.44. The first-order valence-electron chi connectivity index (χ1n) is 8.72. The largest absolute Gasteiger partial charge is 0.381 e. The standard InChI is InChI=1S/C17H27NO2S/c1-2-14(6-10-19-9-1)18-8-5-15(12-18)20-16-4-3-13-7-11-21-17(13)16/h14-16H,1-12H2/t14?,15-,16?/m1/s1. The molecule has 1 aliphatic carbocycles. The minimum absolute atomic E-state index is 0.440. The number of rotatable bonds is 3. The summed E-state index contributed by atoms with van der Waals surface area (Å²) in [6, 6.07) is 0.736. The Hall–Kier alpha value is -0.0300. The van der Waals surface area contributed by atoms with E-state index >= 15 is 0 Å². The molecule has 3 nitrogen and oxygen atoms in total. The van der Waals surface area contributed by atoms with Crippen LogP contribution < -0.4 is 0 Å². The van der Waals surface area contributed by atoms with E-state index in [1.165, 1.54) is 57.2 Å².